The molecule has 0 aromatic carbocycles. The van der Waals surface area contributed by atoms with Gasteiger partial charge in [-0.25, -0.2) is 8.42 Å². The summed E-state index contributed by atoms with van der Waals surface area (Å²) in [5.74, 6) is 0.994. The van der Waals surface area contributed by atoms with E-state index in [0.717, 1.165) is 0 Å². The fourth-order valence-corrected chi connectivity index (χ4v) is 3.16. The number of thiol groups is 1. The van der Waals surface area contributed by atoms with E-state index in [-0.39, 0.29) is 5.25 Å². The topological polar surface area (TPSA) is 34.1 Å². The number of hydrogen-bond donors (Lipinski definition) is 1. The summed E-state index contributed by atoms with van der Waals surface area (Å²) in [5, 5.41) is 0.230. The second-order valence-corrected chi connectivity index (χ2v) is 5.55. The van der Waals surface area contributed by atoms with Crippen molar-refractivity contribution in [3.05, 3.63) is 0 Å². The van der Waals surface area contributed by atoms with E-state index < -0.39 is 9.84 Å². The number of hydrogen-bond acceptors (Lipinski definition) is 3. The third kappa shape index (κ3) is 1.61. The maximum absolute atomic E-state index is 10.6. The first kappa shape index (κ1) is 7.41. The largest absolute Gasteiger partial charge is 0.229 e. The first-order chi connectivity index (χ1) is 4.01. The lowest BCUT2D eigenvalue weighted by atomic mass is 10.1. The van der Waals surface area contributed by atoms with Crippen LogP contribution in [0.4, 0.5) is 0 Å². The van der Waals surface area contributed by atoms with Crippen molar-refractivity contribution < 1.29 is 8.42 Å². The Hall–Kier alpha value is 0.300. The molecule has 1 rings (SSSR count). The van der Waals surface area contributed by atoms with Crippen LogP contribution in [0.3, 0.4) is 0 Å². The lowest BCUT2D eigenvalue weighted by molar-refractivity contribution is 0.520. The van der Waals surface area contributed by atoms with Crippen molar-refractivity contribution >= 4 is 22.5 Å². The Balaban J connectivity index is 2.45. The lowest BCUT2D eigenvalue weighted by Gasteiger charge is -2.28. The minimum absolute atomic E-state index is 0.230. The minimum Gasteiger partial charge on any atom is -0.229 e. The van der Waals surface area contributed by atoms with Crippen LogP contribution in [0, 0.1) is 5.92 Å². The van der Waals surface area contributed by atoms with Crippen molar-refractivity contribution in [3.8, 4) is 0 Å². The summed E-state index contributed by atoms with van der Waals surface area (Å²) >= 11 is 4.14. The van der Waals surface area contributed by atoms with Gasteiger partial charge in [0.2, 0.25) is 0 Å². The summed E-state index contributed by atoms with van der Waals surface area (Å²) in [7, 11) is -2.62. The van der Waals surface area contributed by atoms with Crippen LogP contribution in [0.15, 0.2) is 0 Å². The van der Waals surface area contributed by atoms with Crippen molar-refractivity contribution in [1.29, 1.82) is 0 Å². The van der Waals surface area contributed by atoms with Crippen molar-refractivity contribution in [2.45, 2.75) is 12.2 Å². The van der Waals surface area contributed by atoms with Gasteiger partial charge in [0.05, 0.1) is 11.5 Å². The highest BCUT2D eigenvalue weighted by Crippen LogP contribution is 2.24. The van der Waals surface area contributed by atoms with Gasteiger partial charge in [0, 0.05) is 5.25 Å². The van der Waals surface area contributed by atoms with E-state index >= 15 is 0 Å². The molecule has 0 aromatic heterocycles. The summed E-state index contributed by atoms with van der Waals surface area (Å²) < 4.78 is 21.1. The van der Waals surface area contributed by atoms with Gasteiger partial charge < -0.3 is 0 Å². The summed E-state index contributed by atoms with van der Waals surface area (Å²) in [4.78, 5) is 0. The molecule has 1 saturated heterocycles. The van der Waals surface area contributed by atoms with Gasteiger partial charge in [-0.3, -0.25) is 0 Å². The molecule has 1 atom stereocenters. The van der Waals surface area contributed by atoms with E-state index in [1.165, 1.54) is 0 Å². The van der Waals surface area contributed by atoms with Crippen LogP contribution in [0.1, 0.15) is 6.92 Å². The molecule has 1 heterocycles. The predicted molar refractivity (Wildman–Crippen MR) is 40.6 cm³/mol. The molecule has 0 aromatic rings. The zero-order valence-electron chi connectivity index (χ0n) is 5.24. The molecule has 2 nitrogen and oxygen atoms in total. The molecule has 0 radical (unpaired) electrons. The average Bonchev–Trinajstić information content (AvgIpc) is 1.59. The van der Waals surface area contributed by atoms with Gasteiger partial charge >= 0.3 is 0 Å². The van der Waals surface area contributed by atoms with Crippen LogP contribution >= 0.6 is 12.6 Å². The van der Waals surface area contributed by atoms with Gasteiger partial charge in [-0.15, -0.1) is 0 Å². The Morgan fingerprint density at radius 1 is 1.56 bits per heavy atom. The molecule has 1 aliphatic heterocycles. The second-order valence-electron chi connectivity index (χ2n) is 2.58. The predicted octanol–water partition coefficient (Wildman–Crippen LogP) is 0.349. The molecule has 9 heavy (non-hydrogen) atoms. The third-order valence-corrected chi connectivity index (χ3v) is 3.91. The van der Waals surface area contributed by atoms with Crippen LogP contribution in [-0.4, -0.2) is 25.2 Å². The molecule has 0 saturated carbocycles. The lowest BCUT2D eigenvalue weighted by Crippen LogP contribution is -2.40. The fraction of sp³-hybridized carbons (Fsp3) is 1.00. The minimum atomic E-state index is -2.62. The Bertz CT molecular complexity index is 181. The summed E-state index contributed by atoms with van der Waals surface area (Å²) in [6, 6.07) is 0. The highest BCUT2D eigenvalue weighted by molar-refractivity contribution is 7.93. The van der Waals surface area contributed by atoms with Crippen LogP contribution in [-0.2, 0) is 9.84 Å². The molecule has 4 heteroatoms. The molecule has 0 aliphatic carbocycles. The van der Waals surface area contributed by atoms with Gasteiger partial charge in [-0.05, 0) is 5.92 Å². The Morgan fingerprint density at radius 3 is 2.11 bits per heavy atom. The summed E-state index contributed by atoms with van der Waals surface area (Å²) in [5.41, 5.74) is 0. The Labute approximate surface area is 61.0 Å². The van der Waals surface area contributed by atoms with Crippen molar-refractivity contribution in [3.63, 3.8) is 0 Å². The number of sulfone groups is 1. The molecule has 0 N–H and O–H groups in total. The van der Waals surface area contributed by atoms with E-state index in [0.29, 0.717) is 17.4 Å². The molecule has 0 bridgehead atoms. The smallest absolute Gasteiger partial charge is 0.151 e. The van der Waals surface area contributed by atoms with E-state index in [4.69, 9.17) is 0 Å². The Kier molecular flexibility index (Phi) is 1.78. The second kappa shape index (κ2) is 2.16. The fourth-order valence-electron chi connectivity index (χ4n) is 0.882. The Morgan fingerprint density at radius 2 is 2.00 bits per heavy atom. The van der Waals surface area contributed by atoms with Crippen LogP contribution < -0.4 is 0 Å². The van der Waals surface area contributed by atoms with Crippen molar-refractivity contribution in [2.75, 3.05) is 11.5 Å². The molecule has 0 spiro atoms. The number of rotatable bonds is 1. The first-order valence-electron chi connectivity index (χ1n) is 2.90. The molecular weight excluding hydrogens is 156 g/mol. The van der Waals surface area contributed by atoms with Gasteiger partial charge in [-0.2, -0.15) is 12.6 Å². The van der Waals surface area contributed by atoms with Gasteiger partial charge in [0.15, 0.2) is 9.84 Å². The van der Waals surface area contributed by atoms with Crippen LogP contribution in [0.2, 0.25) is 0 Å². The highest BCUT2D eigenvalue weighted by atomic mass is 32.2. The van der Waals surface area contributed by atoms with E-state index in [1.807, 2.05) is 6.92 Å². The van der Waals surface area contributed by atoms with Gasteiger partial charge in [0.1, 0.15) is 0 Å². The summed E-state index contributed by atoms with van der Waals surface area (Å²) in [6.07, 6.45) is 0. The molecular formula is C5H10O2S2. The van der Waals surface area contributed by atoms with Gasteiger partial charge in [-0.1, -0.05) is 6.92 Å². The van der Waals surface area contributed by atoms with Crippen molar-refractivity contribution in [2.24, 2.45) is 5.92 Å². The van der Waals surface area contributed by atoms with Crippen LogP contribution in [0.25, 0.3) is 0 Å². The maximum atomic E-state index is 10.6. The zero-order valence-corrected chi connectivity index (χ0v) is 6.95. The van der Waals surface area contributed by atoms with Gasteiger partial charge in [0.25, 0.3) is 0 Å². The first-order valence-corrected chi connectivity index (χ1v) is 5.23. The molecule has 1 aliphatic rings. The van der Waals surface area contributed by atoms with Crippen LogP contribution in [0.5, 0.6) is 0 Å². The third-order valence-electron chi connectivity index (χ3n) is 1.62. The maximum Gasteiger partial charge on any atom is 0.151 e. The molecule has 1 unspecified atom stereocenters. The quantitative estimate of drug-likeness (QED) is 0.570. The SMILES string of the molecule is CC(S)C1CS(=O)(=O)C1. The zero-order chi connectivity index (χ0) is 7.07. The standard InChI is InChI=1S/C5H10O2S2/c1-4(8)5-2-9(6,7)3-5/h4-5,8H,2-3H2,1H3. The van der Waals surface area contributed by atoms with E-state index in [9.17, 15) is 8.42 Å². The normalized spacial score (nSPS) is 29.1. The molecule has 1 fully saturated rings. The molecule has 0 amide bonds. The van der Waals surface area contributed by atoms with E-state index in [1.54, 1.807) is 0 Å². The molecule has 54 valence electrons. The average molecular weight is 166 g/mol. The monoisotopic (exact) mass is 166 g/mol. The summed E-state index contributed by atoms with van der Waals surface area (Å²) in [6.45, 7) is 1.93. The highest BCUT2D eigenvalue weighted by Gasteiger charge is 2.35. The van der Waals surface area contributed by atoms with E-state index in [2.05, 4.69) is 12.6 Å². The van der Waals surface area contributed by atoms with Crippen molar-refractivity contribution in [1.82, 2.24) is 0 Å².